The van der Waals surface area contributed by atoms with Crippen molar-refractivity contribution in [1.82, 2.24) is 19.4 Å². The fourth-order valence-corrected chi connectivity index (χ4v) is 5.30. The summed E-state index contributed by atoms with van der Waals surface area (Å²) in [6.07, 6.45) is 0. The fourth-order valence-electron chi connectivity index (χ4n) is 3.77. The zero-order valence-corrected chi connectivity index (χ0v) is 17.8. The summed E-state index contributed by atoms with van der Waals surface area (Å²) in [4.78, 5) is 7.02. The molecule has 0 radical (unpaired) electrons. The normalized spacial score (nSPS) is 19.5. The van der Waals surface area contributed by atoms with E-state index in [1.54, 1.807) is 22.5 Å². The van der Waals surface area contributed by atoms with Gasteiger partial charge in [-0.2, -0.15) is 4.31 Å². The topological polar surface area (TPSA) is 72.9 Å². The molecule has 2 saturated heterocycles. The highest BCUT2D eigenvalue weighted by atomic mass is 32.2. The number of aryl methyl sites for hydroxylation is 1. The lowest BCUT2D eigenvalue weighted by Gasteiger charge is -2.35. The number of aromatic nitrogens is 2. The van der Waals surface area contributed by atoms with Crippen molar-refractivity contribution in [2.75, 3.05) is 69.2 Å². The Hall–Kier alpha value is -2.23. The zero-order valence-electron chi connectivity index (χ0n) is 17.0. The molecule has 2 fully saturated rings. The SMILES string of the molecule is Cc1cccc(S(=O)(=O)N2CCN(c3ccc(N4CCN(C)CC4)nn3)CC2)c1. The van der Waals surface area contributed by atoms with Gasteiger partial charge in [0, 0.05) is 52.4 Å². The van der Waals surface area contributed by atoms with E-state index in [2.05, 4.69) is 31.9 Å². The molecule has 2 aliphatic heterocycles. The molecule has 1 aromatic carbocycles. The second-order valence-corrected chi connectivity index (χ2v) is 9.69. The van der Waals surface area contributed by atoms with Crippen LogP contribution in [0.1, 0.15) is 5.56 Å². The van der Waals surface area contributed by atoms with E-state index >= 15 is 0 Å². The predicted molar refractivity (Wildman–Crippen MR) is 114 cm³/mol. The van der Waals surface area contributed by atoms with Crippen LogP contribution < -0.4 is 9.80 Å². The molecule has 4 rings (SSSR count). The number of likely N-dealkylation sites (N-methyl/N-ethyl adjacent to an activating group) is 1. The van der Waals surface area contributed by atoms with Gasteiger partial charge >= 0.3 is 0 Å². The summed E-state index contributed by atoms with van der Waals surface area (Å²) in [7, 11) is -1.33. The predicted octanol–water partition coefficient (Wildman–Crippen LogP) is 1.05. The molecule has 156 valence electrons. The third-order valence-corrected chi connectivity index (χ3v) is 7.55. The lowest BCUT2D eigenvalue weighted by molar-refractivity contribution is 0.312. The lowest BCUT2D eigenvalue weighted by Crippen LogP contribution is -2.49. The van der Waals surface area contributed by atoms with Gasteiger partial charge in [0.15, 0.2) is 11.6 Å². The van der Waals surface area contributed by atoms with Crippen LogP contribution >= 0.6 is 0 Å². The minimum Gasteiger partial charge on any atom is -0.353 e. The average Bonchev–Trinajstić information content (AvgIpc) is 2.74. The zero-order chi connectivity index (χ0) is 20.4. The summed E-state index contributed by atoms with van der Waals surface area (Å²) in [5.74, 6) is 1.71. The van der Waals surface area contributed by atoms with Gasteiger partial charge in [0.2, 0.25) is 10.0 Å². The lowest BCUT2D eigenvalue weighted by atomic mass is 10.2. The Morgan fingerprint density at radius 2 is 1.34 bits per heavy atom. The molecule has 3 heterocycles. The fraction of sp³-hybridized carbons (Fsp3) is 0.500. The molecule has 2 aromatic rings. The number of benzene rings is 1. The molecular formula is C20H28N6O2S. The highest BCUT2D eigenvalue weighted by molar-refractivity contribution is 7.89. The second-order valence-electron chi connectivity index (χ2n) is 7.75. The van der Waals surface area contributed by atoms with E-state index in [-0.39, 0.29) is 0 Å². The van der Waals surface area contributed by atoms with E-state index in [9.17, 15) is 8.42 Å². The third-order valence-electron chi connectivity index (χ3n) is 5.65. The first-order valence-corrected chi connectivity index (χ1v) is 11.5. The summed E-state index contributed by atoms with van der Waals surface area (Å²) >= 11 is 0. The van der Waals surface area contributed by atoms with Crippen LogP contribution in [0.25, 0.3) is 0 Å². The van der Waals surface area contributed by atoms with E-state index in [0.717, 1.165) is 43.4 Å². The molecule has 0 bridgehead atoms. The molecule has 8 nitrogen and oxygen atoms in total. The van der Waals surface area contributed by atoms with Crippen LogP contribution in [-0.4, -0.2) is 87.2 Å². The van der Waals surface area contributed by atoms with Gasteiger partial charge in [0.05, 0.1) is 4.90 Å². The van der Waals surface area contributed by atoms with Crippen molar-refractivity contribution >= 4 is 21.7 Å². The van der Waals surface area contributed by atoms with Gasteiger partial charge in [-0.25, -0.2) is 8.42 Å². The Balaban J connectivity index is 1.38. The van der Waals surface area contributed by atoms with Crippen molar-refractivity contribution < 1.29 is 8.42 Å². The van der Waals surface area contributed by atoms with E-state index in [0.29, 0.717) is 31.1 Å². The van der Waals surface area contributed by atoms with Crippen LogP contribution in [0.4, 0.5) is 11.6 Å². The van der Waals surface area contributed by atoms with Crippen LogP contribution in [-0.2, 0) is 10.0 Å². The first kappa shape index (κ1) is 20.1. The highest BCUT2D eigenvalue weighted by Crippen LogP contribution is 2.21. The number of sulfonamides is 1. The van der Waals surface area contributed by atoms with Crippen LogP contribution in [0.5, 0.6) is 0 Å². The molecule has 0 saturated carbocycles. The summed E-state index contributed by atoms with van der Waals surface area (Å²) in [6.45, 7) is 7.97. The van der Waals surface area contributed by atoms with Crippen LogP contribution in [0.2, 0.25) is 0 Å². The van der Waals surface area contributed by atoms with E-state index in [1.165, 1.54) is 0 Å². The number of anilines is 2. The van der Waals surface area contributed by atoms with Crippen molar-refractivity contribution in [2.24, 2.45) is 0 Å². The standard InChI is InChI=1S/C20H28N6O2S/c1-17-4-3-5-18(16-17)29(27,28)26-14-12-25(13-15-26)20-7-6-19(21-22-20)24-10-8-23(2)9-11-24/h3-7,16H,8-15H2,1-2H3. The monoisotopic (exact) mass is 416 g/mol. The molecule has 0 spiro atoms. The van der Waals surface area contributed by atoms with Crippen molar-refractivity contribution in [2.45, 2.75) is 11.8 Å². The van der Waals surface area contributed by atoms with Crippen LogP contribution in [0, 0.1) is 6.92 Å². The van der Waals surface area contributed by atoms with Gasteiger partial charge < -0.3 is 14.7 Å². The second kappa shape index (κ2) is 8.25. The van der Waals surface area contributed by atoms with Gasteiger partial charge in [0.25, 0.3) is 0 Å². The average molecular weight is 417 g/mol. The number of nitrogens with zero attached hydrogens (tertiary/aromatic N) is 6. The molecule has 0 N–H and O–H groups in total. The quantitative estimate of drug-likeness (QED) is 0.738. The molecule has 9 heteroatoms. The van der Waals surface area contributed by atoms with Crippen molar-refractivity contribution in [1.29, 1.82) is 0 Å². The Kier molecular flexibility index (Phi) is 5.71. The molecule has 0 atom stereocenters. The molecule has 0 aliphatic carbocycles. The Bertz CT molecular complexity index is 934. The van der Waals surface area contributed by atoms with Gasteiger partial charge in [-0.05, 0) is 43.8 Å². The summed E-state index contributed by atoms with van der Waals surface area (Å²) in [5, 5.41) is 8.82. The van der Waals surface area contributed by atoms with Crippen molar-refractivity contribution in [3.05, 3.63) is 42.0 Å². The maximum atomic E-state index is 12.9. The van der Waals surface area contributed by atoms with Crippen LogP contribution in [0.15, 0.2) is 41.3 Å². The van der Waals surface area contributed by atoms with E-state index < -0.39 is 10.0 Å². The Labute approximate surface area is 172 Å². The van der Waals surface area contributed by atoms with Gasteiger partial charge in [-0.15, -0.1) is 10.2 Å². The van der Waals surface area contributed by atoms with Gasteiger partial charge in [-0.3, -0.25) is 0 Å². The first-order valence-electron chi connectivity index (χ1n) is 10.0. The maximum Gasteiger partial charge on any atom is 0.243 e. The molecule has 0 amide bonds. The van der Waals surface area contributed by atoms with E-state index in [4.69, 9.17) is 0 Å². The Morgan fingerprint density at radius 1 is 0.793 bits per heavy atom. The third kappa shape index (κ3) is 4.36. The minimum absolute atomic E-state index is 0.363. The molecule has 2 aliphatic rings. The van der Waals surface area contributed by atoms with Gasteiger partial charge in [-0.1, -0.05) is 12.1 Å². The van der Waals surface area contributed by atoms with Crippen molar-refractivity contribution in [3.63, 3.8) is 0 Å². The van der Waals surface area contributed by atoms with E-state index in [1.807, 2.05) is 25.1 Å². The number of rotatable bonds is 4. The molecular weight excluding hydrogens is 388 g/mol. The summed E-state index contributed by atoms with van der Waals surface area (Å²) in [6, 6.07) is 11.1. The largest absolute Gasteiger partial charge is 0.353 e. The van der Waals surface area contributed by atoms with Crippen molar-refractivity contribution in [3.8, 4) is 0 Å². The number of hydrogen-bond donors (Lipinski definition) is 0. The molecule has 1 aromatic heterocycles. The number of hydrogen-bond acceptors (Lipinski definition) is 7. The minimum atomic E-state index is -3.46. The van der Waals surface area contributed by atoms with Crippen LogP contribution in [0.3, 0.4) is 0 Å². The molecule has 29 heavy (non-hydrogen) atoms. The maximum absolute atomic E-state index is 12.9. The van der Waals surface area contributed by atoms with Gasteiger partial charge in [0.1, 0.15) is 0 Å². The summed E-state index contributed by atoms with van der Waals surface area (Å²) < 4.78 is 27.4. The smallest absolute Gasteiger partial charge is 0.243 e. The highest BCUT2D eigenvalue weighted by Gasteiger charge is 2.29. The molecule has 0 unspecified atom stereocenters. The summed E-state index contributed by atoms with van der Waals surface area (Å²) in [5.41, 5.74) is 0.945. The first-order chi connectivity index (χ1) is 13.9. The number of piperazine rings is 2. The Morgan fingerprint density at radius 3 is 1.86 bits per heavy atom.